The molecule has 0 saturated carbocycles. The number of urea groups is 1. The average Bonchev–Trinajstić information content (AvgIpc) is 3.21. The van der Waals surface area contributed by atoms with E-state index in [1.54, 1.807) is 19.1 Å². The van der Waals surface area contributed by atoms with Crippen LogP contribution in [0.2, 0.25) is 0 Å². The predicted octanol–water partition coefficient (Wildman–Crippen LogP) is 1.51. The van der Waals surface area contributed by atoms with Crippen molar-refractivity contribution < 1.29 is 27.4 Å². The number of carbonyl (C=O) groups excluding carboxylic acids is 3. The fourth-order valence-electron chi connectivity index (χ4n) is 3.29. The largest absolute Gasteiger partial charge is 0.357 e. The van der Waals surface area contributed by atoms with Crippen molar-refractivity contribution >= 4 is 45.2 Å². The Morgan fingerprint density at radius 2 is 2.03 bits per heavy atom. The molecule has 11 nitrogen and oxygen atoms in total. The van der Waals surface area contributed by atoms with E-state index in [2.05, 4.69) is 15.6 Å². The third-order valence-corrected chi connectivity index (χ3v) is 6.50. The molecule has 2 aromatic rings. The lowest BCUT2D eigenvalue weighted by molar-refractivity contribution is -0.128. The number of imide groups is 1. The van der Waals surface area contributed by atoms with E-state index in [1.165, 1.54) is 28.4 Å². The van der Waals surface area contributed by atoms with Crippen LogP contribution in [0.5, 0.6) is 0 Å². The second-order valence-corrected chi connectivity index (χ2v) is 9.75. The van der Waals surface area contributed by atoms with Gasteiger partial charge in [-0.15, -0.1) is 11.3 Å². The molecule has 13 heteroatoms. The molecular formula is C20H25N5O6S2. The van der Waals surface area contributed by atoms with Crippen LogP contribution in [0.1, 0.15) is 36.2 Å². The van der Waals surface area contributed by atoms with Gasteiger partial charge in [0.2, 0.25) is 11.8 Å². The van der Waals surface area contributed by atoms with Gasteiger partial charge in [0.1, 0.15) is 11.6 Å². The number of anilines is 1. The Kier molecular flexibility index (Phi) is 7.66. The first-order valence-electron chi connectivity index (χ1n) is 10.2. The van der Waals surface area contributed by atoms with Crippen LogP contribution >= 0.6 is 11.3 Å². The number of aryl methyl sites for hydroxylation is 1. The Balaban J connectivity index is 1.72. The zero-order valence-electron chi connectivity index (χ0n) is 18.1. The molecule has 0 spiro atoms. The highest BCUT2D eigenvalue weighted by Crippen LogP contribution is 2.24. The lowest BCUT2D eigenvalue weighted by atomic mass is 10.1. The topological polar surface area (TPSA) is 158 Å². The molecule has 1 aliphatic heterocycles. The molecule has 1 saturated heterocycles. The number of nitrogens with one attached hydrogen (secondary N) is 3. The molecule has 2 heterocycles. The van der Waals surface area contributed by atoms with E-state index < -0.39 is 34.2 Å². The third kappa shape index (κ3) is 6.97. The zero-order valence-corrected chi connectivity index (χ0v) is 19.7. The van der Waals surface area contributed by atoms with E-state index in [4.69, 9.17) is 4.55 Å². The summed E-state index contributed by atoms with van der Waals surface area (Å²) >= 11 is 1.41. The highest BCUT2D eigenvalue weighted by molar-refractivity contribution is 7.87. The van der Waals surface area contributed by atoms with E-state index in [1.807, 2.05) is 17.0 Å². The summed E-state index contributed by atoms with van der Waals surface area (Å²) in [5.74, 6) is -1.17. The molecule has 1 aliphatic rings. The SMILES string of the molecule is CCc1csc([C@H](Cc2ccc(NS(=O)(=O)O)cc2)NC(=O)CN2CC(C)C(=O)NC2=O)n1. The molecule has 2 atom stereocenters. The maximum absolute atomic E-state index is 12.8. The van der Waals surface area contributed by atoms with Crippen molar-refractivity contribution in [3.05, 3.63) is 45.9 Å². The molecule has 1 aromatic carbocycles. The van der Waals surface area contributed by atoms with E-state index >= 15 is 0 Å². The summed E-state index contributed by atoms with van der Waals surface area (Å²) in [6.07, 6.45) is 1.11. The number of amides is 4. The van der Waals surface area contributed by atoms with Crippen molar-refractivity contribution in [2.24, 2.45) is 5.92 Å². The van der Waals surface area contributed by atoms with Gasteiger partial charge in [0.05, 0.1) is 23.3 Å². The Bertz CT molecular complexity index is 1130. The van der Waals surface area contributed by atoms with Crippen LogP contribution in [0.15, 0.2) is 29.6 Å². The zero-order chi connectivity index (χ0) is 24.2. The summed E-state index contributed by atoms with van der Waals surface area (Å²) in [6.45, 7) is 3.61. The van der Waals surface area contributed by atoms with Crippen LogP contribution in [0.4, 0.5) is 10.5 Å². The number of hydrogen-bond acceptors (Lipinski definition) is 7. The molecule has 0 bridgehead atoms. The van der Waals surface area contributed by atoms with Gasteiger partial charge in [0.15, 0.2) is 0 Å². The standard InChI is InChI=1S/C20H25N5O6S2/c1-3-14-11-32-19(21-14)16(8-13-4-6-15(7-5-13)24-33(29,30)31)22-17(26)10-25-9-12(2)18(27)23-20(25)28/h4-7,11-12,16,24H,3,8-10H2,1-2H3,(H,22,26)(H,23,27,28)(H,29,30,31)/t12?,16-/m0/s1. The van der Waals surface area contributed by atoms with Gasteiger partial charge in [0, 0.05) is 11.9 Å². The lowest BCUT2D eigenvalue weighted by Crippen LogP contribution is -2.56. The van der Waals surface area contributed by atoms with Gasteiger partial charge in [-0.1, -0.05) is 26.0 Å². The molecule has 1 aromatic heterocycles. The maximum atomic E-state index is 12.8. The van der Waals surface area contributed by atoms with E-state index in [-0.39, 0.29) is 24.7 Å². The fourth-order valence-corrected chi connectivity index (χ4v) is 4.68. The summed E-state index contributed by atoms with van der Waals surface area (Å²) < 4.78 is 32.8. The van der Waals surface area contributed by atoms with Crippen molar-refractivity contribution in [3.63, 3.8) is 0 Å². The summed E-state index contributed by atoms with van der Waals surface area (Å²) in [7, 11) is -4.37. The fraction of sp³-hybridized carbons (Fsp3) is 0.400. The minimum atomic E-state index is -4.37. The summed E-state index contributed by atoms with van der Waals surface area (Å²) in [6, 6.07) is 5.26. The number of aromatic nitrogens is 1. The van der Waals surface area contributed by atoms with Gasteiger partial charge in [-0.3, -0.25) is 24.2 Å². The number of nitrogens with zero attached hydrogens (tertiary/aromatic N) is 2. The van der Waals surface area contributed by atoms with Crippen LogP contribution in [-0.2, 0) is 32.7 Å². The monoisotopic (exact) mass is 495 g/mol. The second kappa shape index (κ2) is 10.3. The summed E-state index contributed by atoms with van der Waals surface area (Å²) in [5, 5.41) is 7.77. The molecule has 0 aliphatic carbocycles. The van der Waals surface area contributed by atoms with E-state index in [0.29, 0.717) is 11.4 Å². The van der Waals surface area contributed by atoms with Crippen LogP contribution < -0.4 is 15.4 Å². The van der Waals surface area contributed by atoms with Crippen LogP contribution in [0, 0.1) is 5.92 Å². The van der Waals surface area contributed by atoms with Gasteiger partial charge >= 0.3 is 16.3 Å². The van der Waals surface area contributed by atoms with Gasteiger partial charge < -0.3 is 10.2 Å². The smallest absolute Gasteiger partial charge is 0.345 e. The van der Waals surface area contributed by atoms with Crippen molar-refractivity contribution in [1.82, 2.24) is 20.5 Å². The summed E-state index contributed by atoms with van der Waals surface area (Å²) in [4.78, 5) is 42.3. The van der Waals surface area contributed by atoms with Crippen LogP contribution in [0.3, 0.4) is 0 Å². The minimum Gasteiger partial charge on any atom is -0.345 e. The highest BCUT2D eigenvalue weighted by atomic mass is 32.2. The quantitative estimate of drug-likeness (QED) is 0.384. The molecule has 0 radical (unpaired) electrons. The Morgan fingerprint density at radius 1 is 1.33 bits per heavy atom. The first-order valence-corrected chi connectivity index (χ1v) is 12.5. The van der Waals surface area contributed by atoms with Crippen molar-refractivity contribution in [2.75, 3.05) is 17.8 Å². The van der Waals surface area contributed by atoms with Crippen molar-refractivity contribution in [3.8, 4) is 0 Å². The Morgan fingerprint density at radius 3 is 2.64 bits per heavy atom. The third-order valence-electron chi connectivity index (χ3n) is 5.00. The molecular weight excluding hydrogens is 470 g/mol. The van der Waals surface area contributed by atoms with E-state index in [0.717, 1.165) is 17.7 Å². The number of thiazole rings is 1. The molecule has 1 fully saturated rings. The molecule has 4 amide bonds. The van der Waals surface area contributed by atoms with Crippen molar-refractivity contribution in [1.29, 1.82) is 0 Å². The van der Waals surface area contributed by atoms with Gasteiger partial charge in [0.25, 0.3) is 0 Å². The molecule has 33 heavy (non-hydrogen) atoms. The van der Waals surface area contributed by atoms with Crippen LogP contribution in [-0.4, -0.2) is 53.8 Å². The predicted molar refractivity (Wildman–Crippen MR) is 122 cm³/mol. The first-order chi connectivity index (χ1) is 15.5. The van der Waals surface area contributed by atoms with Gasteiger partial charge in [-0.25, -0.2) is 9.78 Å². The lowest BCUT2D eigenvalue weighted by Gasteiger charge is -2.30. The number of hydrogen-bond donors (Lipinski definition) is 4. The Labute approximate surface area is 195 Å². The highest BCUT2D eigenvalue weighted by Gasteiger charge is 2.31. The molecule has 3 rings (SSSR count). The maximum Gasteiger partial charge on any atom is 0.357 e. The first kappa shape index (κ1) is 24.6. The van der Waals surface area contributed by atoms with Gasteiger partial charge in [-0.2, -0.15) is 8.42 Å². The van der Waals surface area contributed by atoms with E-state index in [9.17, 15) is 22.8 Å². The number of rotatable bonds is 9. The molecule has 178 valence electrons. The normalized spacial score (nSPS) is 17.4. The minimum absolute atomic E-state index is 0.155. The van der Waals surface area contributed by atoms with Crippen LogP contribution in [0.25, 0.3) is 0 Å². The average molecular weight is 496 g/mol. The molecule has 1 unspecified atom stereocenters. The Hall–Kier alpha value is -3.03. The van der Waals surface area contributed by atoms with Crippen molar-refractivity contribution in [2.45, 2.75) is 32.7 Å². The second-order valence-electron chi connectivity index (χ2n) is 7.70. The summed E-state index contributed by atoms with van der Waals surface area (Å²) in [5.41, 5.74) is 1.89. The van der Waals surface area contributed by atoms with Gasteiger partial charge in [-0.05, 0) is 30.5 Å². The number of benzene rings is 1. The molecule has 4 N–H and O–H groups in total. The number of carbonyl (C=O) groups is 3.